The van der Waals surface area contributed by atoms with Crippen molar-refractivity contribution in [2.45, 2.75) is 17.7 Å². The van der Waals surface area contributed by atoms with Crippen LogP contribution in [0.3, 0.4) is 0 Å². The lowest BCUT2D eigenvalue weighted by molar-refractivity contribution is 0.0526. The van der Waals surface area contributed by atoms with E-state index in [0.717, 1.165) is 21.6 Å². The molecule has 0 aliphatic heterocycles. The van der Waals surface area contributed by atoms with Gasteiger partial charge in [-0.2, -0.15) is 8.42 Å². The summed E-state index contributed by atoms with van der Waals surface area (Å²) in [4.78, 5) is 12.3. The summed E-state index contributed by atoms with van der Waals surface area (Å²) >= 11 is 2.32. The maximum Gasteiger partial charge on any atom is 0.338 e. The van der Waals surface area contributed by atoms with Gasteiger partial charge in [-0.1, -0.05) is 23.5 Å². The van der Waals surface area contributed by atoms with Crippen LogP contribution >= 0.6 is 22.7 Å². The summed E-state index contributed by atoms with van der Waals surface area (Å²) in [7, 11) is -3.79. The fourth-order valence-electron chi connectivity index (χ4n) is 2.35. The number of sulfonamides is 1. The molecule has 0 spiro atoms. The van der Waals surface area contributed by atoms with Gasteiger partial charge in [0.15, 0.2) is 0 Å². The van der Waals surface area contributed by atoms with E-state index < -0.39 is 16.0 Å². The normalized spacial score (nSPS) is 12.4. The quantitative estimate of drug-likeness (QED) is 0.462. The lowest BCUT2D eigenvalue weighted by Gasteiger charge is -2.03. The highest BCUT2D eigenvalue weighted by Crippen LogP contribution is 2.22. The number of thiophene rings is 1. The van der Waals surface area contributed by atoms with Crippen molar-refractivity contribution in [3.05, 3.63) is 58.7 Å². The van der Waals surface area contributed by atoms with E-state index in [1.807, 2.05) is 0 Å². The molecule has 0 unspecified atom stereocenters. The number of esters is 1. The number of hydrogen-bond acceptors (Lipinski definition) is 6. The third-order valence-electron chi connectivity index (χ3n) is 3.45. The Kier molecular flexibility index (Phi) is 5.40. The molecule has 6 nitrogen and oxygen atoms in total. The summed E-state index contributed by atoms with van der Waals surface area (Å²) in [5.74, 6) is -0.414. The first-order valence-corrected chi connectivity index (χ1v) is 10.9. The monoisotopic (exact) mass is 408 g/mol. The van der Waals surface area contributed by atoms with Crippen LogP contribution in [0.25, 0.3) is 10.2 Å². The van der Waals surface area contributed by atoms with Crippen LogP contribution in [0.15, 0.2) is 57.0 Å². The van der Waals surface area contributed by atoms with Crippen molar-refractivity contribution in [2.75, 3.05) is 6.61 Å². The Balaban J connectivity index is 2.18. The second-order valence-electron chi connectivity index (χ2n) is 5.19. The molecule has 2 aromatic heterocycles. The maximum atomic E-state index is 12.5. The van der Waals surface area contributed by atoms with Crippen LogP contribution in [-0.4, -0.2) is 25.6 Å². The maximum absolute atomic E-state index is 12.5. The van der Waals surface area contributed by atoms with E-state index in [1.165, 1.54) is 17.4 Å². The Labute approximate surface area is 158 Å². The Bertz CT molecular complexity index is 1120. The number of rotatable bonds is 6. The molecule has 3 aromatic rings. The zero-order valence-electron chi connectivity index (χ0n) is 13.9. The lowest BCUT2D eigenvalue weighted by Crippen LogP contribution is -2.16. The van der Waals surface area contributed by atoms with E-state index in [0.29, 0.717) is 16.9 Å². The van der Waals surface area contributed by atoms with Crippen LogP contribution < -0.4 is 4.80 Å². The molecule has 136 valence electrons. The molecule has 0 saturated carbocycles. The minimum absolute atomic E-state index is 0.187. The molecule has 26 heavy (non-hydrogen) atoms. The number of fused-ring (bicyclic) bond motifs is 1. The Morgan fingerprint density at radius 2 is 2.19 bits per heavy atom. The highest BCUT2D eigenvalue weighted by atomic mass is 32.2. The topological polar surface area (TPSA) is 77.7 Å². The number of benzene rings is 1. The number of carbonyl (C=O) groups is 1. The molecule has 9 heteroatoms. The predicted octanol–water partition coefficient (Wildman–Crippen LogP) is 3.42. The van der Waals surface area contributed by atoms with Gasteiger partial charge in [0.2, 0.25) is 4.80 Å². The van der Waals surface area contributed by atoms with Crippen LogP contribution in [-0.2, 0) is 21.3 Å². The van der Waals surface area contributed by atoms with E-state index in [1.54, 1.807) is 47.2 Å². The zero-order chi connectivity index (χ0) is 18.7. The largest absolute Gasteiger partial charge is 0.462 e. The number of nitrogens with zero attached hydrogens (tertiary/aromatic N) is 2. The van der Waals surface area contributed by atoms with Gasteiger partial charge in [-0.15, -0.1) is 22.3 Å². The number of thiazole rings is 1. The van der Waals surface area contributed by atoms with Gasteiger partial charge in [0.1, 0.15) is 4.21 Å². The fourth-order valence-corrected chi connectivity index (χ4v) is 5.60. The van der Waals surface area contributed by atoms with Crippen molar-refractivity contribution < 1.29 is 17.9 Å². The van der Waals surface area contributed by atoms with E-state index in [4.69, 9.17) is 4.74 Å². The molecule has 0 N–H and O–H groups in total. The first kappa shape index (κ1) is 18.6. The number of allylic oxidation sites excluding steroid dienone is 1. The third-order valence-corrected chi connectivity index (χ3v) is 7.25. The van der Waals surface area contributed by atoms with Crippen molar-refractivity contribution in [2.24, 2.45) is 4.40 Å². The third kappa shape index (κ3) is 3.64. The van der Waals surface area contributed by atoms with E-state index in [9.17, 15) is 13.2 Å². The van der Waals surface area contributed by atoms with Gasteiger partial charge >= 0.3 is 5.97 Å². The molecule has 0 atom stereocenters. The molecule has 2 heterocycles. The molecule has 0 amide bonds. The van der Waals surface area contributed by atoms with Crippen molar-refractivity contribution in [1.82, 2.24) is 4.57 Å². The Morgan fingerprint density at radius 1 is 1.38 bits per heavy atom. The second kappa shape index (κ2) is 7.56. The van der Waals surface area contributed by atoms with Gasteiger partial charge in [0.05, 0.1) is 22.4 Å². The van der Waals surface area contributed by atoms with Crippen molar-refractivity contribution in [3.63, 3.8) is 0 Å². The van der Waals surface area contributed by atoms with Gasteiger partial charge in [-0.05, 0) is 36.6 Å². The van der Waals surface area contributed by atoms with Gasteiger partial charge in [0.25, 0.3) is 10.0 Å². The summed E-state index contributed by atoms with van der Waals surface area (Å²) in [5, 5.41) is 1.69. The number of aromatic nitrogens is 1. The minimum Gasteiger partial charge on any atom is -0.462 e. The van der Waals surface area contributed by atoms with Gasteiger partial charge in [-0.25, -0.2) is 4.79 Å². The average Bonchev–Trinajstić information content (AvgIpc) is 3.24. The van der Waals surface area contributed by atoms with Crippen LogP contribution in [0.2, 0.25) is 0 Å². The Hall–Kier alpha value is -2.23. The minimum atomic E-state index is -3.79. The summed E-state index contributed by atoms with van der Waals surface area (Å²) in [6.45, 7) is 6.15. The van der Waals surface area contributed by atoms with Gasteiger partial charge in [-0.3, -0.25) is 0 Å². The van der Waals surface area contributed by atoms with Crippen molar-refractivity contribution >= 4 is 48.9 Å². The highest BCUT2D eigenvalue weighted by Gasteiger charge is 2.16. The molecule has 0 fully saturated rings. The van der Waals surface area contributed by atoms with Gasteiger partial charge in [0, 0.05) is 6.54 Å². The summed E-state index contributed by atoms with van der Waals surface area (Å²) < 4.78 is 36.7. The number of ether oxygens (including phenoxy) is 1. The average molecular weight is 409 g/mol. The summed E-state index contributed by atoms with van der Waals surface area (Å²) in [6, 6.07) is 8.30. The van der Waals surface area contributed by atoms with Crippen LogP contribution in [0, 0.1) is 0 Å². The van der Waals surface area contributed by atoms with Crippen LogP contribution in [0.5, 0.6) is 0 Å². The van der Waals surface area contributed by atoms with E-state index in [2.05, 4.69) is 11.0 Å². The highest BCUT2D eigenvalue weighted by molar-refractivity contribution is 7.92. The molecule has 0 aliphatic carbocycles. The Morgan fingerprint density at radius 3 is 2.85 bits per heavy atom. The molecular formula is C17H16N2O4S3. The second-order valence-corrected chi connectivity index (χ2v) is 8.97. The van der Waals surface area contributed by atoms with Gasteiger partial charge < -0.3 is 9.30 Å². The first-order valence-electron chi connectivity index (χ1n) is 7.72. The molecule has 0 bridgehead atoms. The number of hydrogen-bond donors (Lipinski definition) is 0. The molecule has 1 aromatic carbocycles. The van der Waals surface area contributed by atoms with E-state index in [-0.39, 0.29) is 10.8 Å². The standard InChI is InChI=1S/C17H16N2O4S3/c1-3-9-19-13-8-7-12(16(20)23-4-2)11-14(13)25-17(19)18-26(21,22)15-6-5-10-24-15/h3,5-8,10-11H,1,4,9H2,2H3. The molecule has 3 rings (SSSR count). The zero-order valence-corrected chi connectivity index (χ0v) is 16.4. The predicted molar refractivity (Wildman–Crippen MR) is 103 cm³/mol. The molecule has 0 saturated heterocycles. The molecule has 0 radical (unpaired) electrons. The lowest BCUT2D eigenvalue weighted by atomic mass is 10.2. The number of carbonyl (C=O) groups excluding carboxylic acids is 1. The first-order chi connectivity index (χ1) is 12.5. The fraction of sp³-hybridized carbons (Fsp3) is 0.176. The molecule has 0 aliphatic rings. The SMILES string of the molecule is C=CCn1c(=NS(=O)(=O)c2cccs2)sc2cc(C(=O)OCC)ccc21. The van der Waals surface area contributed by atoms with Crippen molar-refractivity contribution in [3.8, 4) is 0 Å². The van der Waals surface area contributed by atoms with Crippen molar-refractivity contribution in [1.29, 1.82) is 0 Å². The van der Waals surface area contributed by atoms with Crippen LogP contribution in [0.4, 0.5) is 0 Å². The van der Waals surface area contributed by atoms with E-state index >= 15 is 0 Å². The molecular weight excluding hydrogens is 392 g/mol. The summed E-state index contributed by atoms with van der Waals surface area (Å²) in [5.41, 5.74) is 1.20. The smallest absolute Gasteiger partial charge is 0.338 e. The van der Waals surface area contributed by atoms with Crippen LogP contribution in [0.1, 0.15) is 17.3 Å². The summed E-state index contributed by atoms with van der Waals surface area (Å²) in [6.07, 6.45) is 1.67.